The number of benzene rings is 1. The Morgan fingerprint density at radius 3 is 1.95 bits per heavy atom. The lowest BCUT2D eigenvalue weighted by atomic mass is 9.90. The number of nitrogens with one attached hydrogen (secondary N) is 3. The van der Waals surface area contributed by atoms with Crippen LogP contribution in [0.5, 0.6) is 0 Å². The molecule has 1 fully saturated rings. The summed E-state index contributed by atoms with van der Waals surface area (Å²) >= 11 is 0. The summed E-state index contributed by atoms with van der Waals surface area (Å²) in [6, 6.07) is 6.65. The largest absolute Gasteiger partial charge is 0.449 e. The molecule has 1 saturated carbocycles. The molecule has 0 aliphatic heterocycles. The van der Waals surface area contributed by atoms with E-state index in [0.29, 0.717) is 36.5 Å². The first-order chi connectivity index (χ1) is 20.4. The molecule has 238 valence electrons. The van der Waals surface area contributed by atoms with E-state index in [-0.39, 0.29) is 23.2 Å². The topological polar surface area (TPSA) is 134 Å². The second kappa shape index (κ2) is 16.0. The Hall–Kier alpha value is -3.20. The first kappa shape index (κ1) is 34.3. The van der Waals surface area contributed by atoms with E-state index in [1.807, 2.05) is 71.9 Å². The second-order valence-electron chi connectivity index (χ2n) is 13.3. The van der Waals surface area contributed by atoms with Crippen molar-refractivity contribution in [2.45, 2.75) is 111 Å². The van der Waals surface area contributed by atoms with Gasteiger partial charge in [0.25, 0.3) is 0 Å². The Bertz CT molecular complexity index is 1190. The van der Waals surface area contributed by atoms with Crippen molar-refractivity contribution in [2.75, 3.05) is 6.61 Å². The van der Waals surface area contributed by atoms with Gasteiger partial charge < -0.3 is 25.8 Å². The van der Waals surface area contributed by atoms with E-state index in [1.165, 1.54) is 6.42 Å². The highest BCUT2D eigenvalue weighted by Gasteiger charge is 2.38. The van der Waals surface area contributed by atoms with Crippen LogP contribution in [-0.4, -0.2) is 47.7 Å². The molecule has 9 heteroatoms. The first-order valence-electron chi connectivity index (χ1n) is 15.9. The number of hydrogen-bond acceptors (Lipinski definition) is 6. The van der Waals surface area contributed by atoms with Crippen LogP contribution in [0, 0.1) is 23.7 Å². The summed E-state index contributed by atoms with van der Waals surface area (Å²) in [5.74, 6) is -0.564. The fourth-order valence-electron chi connectivity index (χ4n) is 5.82. The van der Waals surface area contributed by atoms with Crippen LogP contribution in [0.25, 0.3) is 11.1 Å². The molecule has 1 aliphatic carbocycles. The van der Waals surface area contributed by atoms with Crippen molar-refractivity contribution in [3.8, 4) is 11.1 Å². The van der Waals surface area contributed by atoms with Gasteiger partial charge in [-0.1, -0.05) is 91.1 Å². The van der Waals surface area contributed by atoms with Gasteiger partial charge >= 0.3 is 6.09 Å². The predicted octanol–water partition coefficient (Wildman–Crippen LogP) is 5.02. The minimum absolute atomic E-state index is 0.0767. The van der Waals surface area contributed by atoms with Crippen LogP contribution in [0.1, 0.15) is 98.2 Å². The van der Waals surface area contributed by atoms with Crippen molar-refractivity contribution in [3.05, 3.63) is 46.1 Å². The summed E-state index contributed by atoms with van der Waals surface area (Å²) in [5, 5.41) is 19.7. The molecular formula is C34H51N3O6. The molecule has 3 rings (SSSR count). The molecule has 3 amide bonds. The third kappa shape index (κ3) is 10.2. The highest BCUT2D eigenvalue weighted by molar-refractivity contribution is 5.91. The molecular weight excluding hydrogens is 546 g/mol. The van der Waals surface area contributed by atoms with Crippen molar-refractivity contribution < 1.29 is 24.2 Å². The van der Waals surface area contributed by atoms with Crippen molar-refractivity contribution in [1.29, 1.82) is 0 Å². The van der Waals surface area contributed by atoms with Crippen LogP contribution >= 0.6 is 0 Å². The van der Waals surface area contributed by atoms with Crippen LogP contribution in [0.15, 0.2) is 35.1 Å². The summed E-state index contributed by atoms with van der Waals surface area (Å²) in [6.07, 6.45) is 4.51. The van der Waals surface area contributed by atoms with E-state index in [0.717, 1.165) is 31.2 Å². The van der Waals surface area contributed by atoms with Gasteiger partial charge in [-0.2, -0.15) is 0 Å². The third-order valence-electron chi connectivity index (χ3n) is 8.23. The molecule has 0 radical (unpaired) electrons. The maximum Gasteiger partial charge on any atom is 0.407 e. The molecule has 0 saturated heterocycles. The lowest BCUT2D eigenvalue weighted by Gasteiger charge is -2.30. The van der Waals surface area contributed by atoms with Crippen molar-refractivity contribution >= 4 is 17.9 Å². The highest BCUT2D eigenvalue weighted by Crippen LogP contribution is 2.33. The van der Waals surface area contributed by atoms with E-state index < -0.39 is 42.1 Å². The summed E-state index contributed by atoms with van der Waals surface area (Å²) in [7, 11) is 0. The lowest BCUT2D eigenvalue weighted by Crippen LogP contribution is -2.56. The molecule has 0 unspecified atom stereocenters. The first-order valence-corrected chi connectivity index (χ1v) is 15.9. The van der Waals surface area contributed by atoms with Crippen molar-refractivity contribution in [3.63, 3.8) is 0 Å². The molecule has 2 aromatic rings. The zero-order valence-electron chi connectivity index (χ0n) is 26.7. The number of carbonyl (C=O) groups excluding carboxylic acids is 3. The normalized spacial score (nSPS) is 17.1. The maximum absolute atomic E-state index is 13.6. The summed E-state index contributed by atoms with van der Waals surface area (Å²) in [4.78, 5) is 52.4. The number of ether oxygens (including phenoxy) is 1. The van der Waals surface area contributed by atoms with Gasteiger partial charge in [-0.15, -0.1) is 0 Å². The standard InChI is InChI=1S/C34H51N3O6/c1-20(2)17-25(35-32(40)26(18-21(3)4)36-34(42)43-19-23-13-9-7-10-14-23)33(41)37-29(22(5)6)31(39)28-27(30(28)38)24-15-11-8-12-16-24/h8,11-12,15-16,20-23,25-26,29,31,39H,7,9-10,13-14,17-19H2,1-6H3,(H,35,40)(H,36,42)(H,37,41)/t25-,26-,29-,31-/m0/s1. The summed E-state index contributed by atoms with van der Waals surface area (Å²) < 4.78 is 5.47. The molecule has 0 aromatic heterocycles. The molecule has 9 nitrogen and oxygen atoms in total. The van der Waals surface area contributed by atoms with Crippen LogP contribution in [0.4, 0.5) is 4.79 Å². The average molecular weight is 598 g/mol. The van der Waals surface area contributed by atoms with Gasteiger partial charge in [-0.25, -0.2) is 4.79 Å². The summed E-state index contributed by atoms with van der Waals surface area (Å²) in [6.45, 7) is 11.9. The van der Waals surface area contributed by atoms with Crippen molar-refractivity contribution in [1.82, 2.24) is 16.0 Å². The van der Waals surface area contributed by atoms with Gasteiger partial charge in [0, 0.05) is 11.1 Å². The molecule has 4 N–H and O–H groups in total. The van der Waals surface area contributed by atoms with Gasteiger partial charge in [0.2, 0.25) is 11.8 Å². The number of rotatable bonds is 15. The minimum Gasteiger partial charge on any atom is -0.449 e. The zero-order chi connectivity index (χ0) is 31.7. The highest BCUT2D eigenvalue weighted by atomic mass is 16.5. The Balaban J connectivity index is 1.68. The average Bonchev–Trinajstić information content (AvgIpc) is 3.64. The van der Waals surface area contributed by atoms with Gasteiger partial charge in [-0.3, -0.25) is 14.4 Å². The molecule has 0 heterocycles. The number of aliphatic hydroxyl groups excluding tert-OH is 1. The van der Waals surface area contributed by atoms with E-state index in [2.05, 4.69) is 16.0 Å². The molecule has 0 spiro atoms. The van der Waals surface area contributed by atoms with E-state index in [9.17, 15) is 24.3 Å². The lowest BCUT2D eigenvalue weighted by molar-refractivity contribution is -0.131. The number of carbonyl (C=O) groups is 3. The molecule has 0 bridgehead atoms. The van der Waals surface area contributed by atoms with Crippen LogP contribution in [-0.2, 0) is 14.3 Å². The fourth-order valence-corrected chi connectivity index (χ4v) is 5.82. The van der Waals surface area contributed by atoms with Crippen LogP contribution in [0.3, 0.4) is 0 Å². The van der Waals surface area contributed by atoms with Gasteiger partial charge in [0.1, 0.15) is 18.2 Å². The summed E-state index contributed by atoms with van der Waals surface area (Å²) in [5.41, 5.74) is 1.32. The Morgan fingerprint density at radius 2 is 1.40 bits per heavy atom. The monoisotopic (exact) mass is 597 g/mol. The third-order valence-corrected chi connectivity index (χ3v) is 8.23. The number of amides is 3. The quantitative estimate of drug-likeness (QED) is 0.228. The molecule has 43 heavy (non-hydrogen) atoms. The molecule has 1 aliphatic rings. The Kier molecular flexibility index (Phi) is 12.8. The van der Waals surface area contributed by atoms with E-state index in [1.54, 1.807) is 0 Å². The predicted molar refractivity (Wildman–Crippen MR) is 168 cm³/mol. The van der Waals surface area contributed by atoms with Crippen LogP contribution in [0.2, 0.25) is 0 Å². The molecule has 2 aromatic carbocycles. The van der Waals surface area contributed by atoms with E-state index >= 15 is 0 Å². The SMILES string of the molecule is CC(C)C[C@H](NC(=O)OCC1CCCCC1)C(=O)N[C@@H](CC(C)C)C(=O)N[C@@H](C(C)C)[C@@H](O)c1c(-c2ccccc2)c1=O. The fraction of sp³-hybridized carbons (Fsp3) is 0.647. The van der Waals surface area contributed by atoms with Gasteiger partial charge in [0.05, 0.1) is 12.6 Å². The second-order valence-corrected chi connectivity index (χ2v) is 13.3. The number of aliphatic hydroxyl groups is 1. The molecule has 4 atom stereocenters. The zero-order valence-corrected chi connectivity index (χ0v) is 26.7. The van der Waals surface area contributed by atoms with Gasteiger partial charge in [-0.05, 0) is 54.9 Å². The maximum atomic E-state index is 13.6. The van der Waals surface area contributed by atoms with Gasteiger partial charge in [0.15, 0.2) is 5.43 Å². The Labute approximate surface area is 256 Å². The van der Waals surface area contributed by atoms with Crippen LogP contribution < -0.4 is 21.4 Å². The number of alkyl carbamates (subject to hydrolysis) is 1. The van der Waals surface area contributed by atoms with Crippen molar-refractivity contribution in [2.24, 2.45) is 23.7 Å². The smallest absolute Gasteiger partial charge is 0.407 e. The minimum atomic E-state index is -1.18. The van der Waals surface area contributed by atoms with E-state index in [4.69, 9.17) is 4.74 Å². The number of hydrogen-bond donors (Lipinski definition) is 4. The Morgan fingerprint density at radius 1 is 0.837 bits per heavy atom.